The molecule has 4 aromatic rings. The largest absolute Gasteiger partial charge is 0.497 e. The van der Waals surface area contributed by atoms with Gasteiger partial charge in [-0.15, -0.1) is 0 Å². The fourth-order valence-corrected chi connectivity index (χ4v) is 6.60. The van der Waals surface area contributed by atoms with E-state index in [1.807, 2.05) is 79.0 Å². The van der Waals surface area contributed by atoms with Gasteiger partial charge in [0.15, 0.2) is 0 Å². The van der Waals surface area contributed by atoms with Crippen LogP contribution in [0.3, 0.4) is 0 Å². The molecule has 3 aliphatic heterocycles. The number of amides is 3. The second-order valence-corrected chi connectivity index (χ2v) is 10.2. The molecule has 190 valence electrons. The van der Waals surface area contributed by atoms with Crippen LogP contribution in [-0.2, 0) is 32.9 Å². The van der Waals surface area contributed by atoms with Gasteiger partial charge in [-0.25, -0.2) is 0 Å². The highest BCUT2D eigenvalue weighted by Gasteiger charge is 2.70. The average molecular weight is 507 g/mol. The van der Waals surface area contributed by atoms with Gasteiger partial charge in [0.25, 0.3) is 0 Å². The molecule has 2 saturated heterocycles. The quantitative estimate of drug-likeness (QED) is 0.360. The van der Waals surface area contributed by atoms with E-state index < -0.39 is 23.4 Å². The number of rotatable bonds is 5. The topological polar surface area (TPSA) is 104 Å². The lowest BCUT2D eigenvalue weighted by molar-refractivity contribution is -0.143. The fourth-order valence-electron chi connectivity index (χ4n) is 6.60. The number of carbonyl (C=O) groups is 3. The molecule has 1 aromatic heterocycles. The van der Waals surface area contributed by atoms with Crippen molar-refractivity contribution in [3.05, 3.63) is 95.7 Å². The third-order valence-electron chi connectivity index (χ3n) is 8.33. The summed E-state index contributed by atoms with van der Waals surface area (Å²) in [5.41, 5.74) is 2.94. The van der Waals surface area contributed by atoms with Crippen LogP contribution in [0.2, 0.25) is 0 Å². The van der Waals surface area contributed by atoms with Gasteiger partial charge in [0, 0.05) is 34.4 Å². The predicted octanol–water partition coefficient (Wildman–Crippen LogP) is 3.34. The number of fused-ring (bicyclic) bond motifs is 5. The average Bonchev–Trinajstić information content (AvgIpc) is 3.65. The summed E-state index contributed by atoms with van der Waals surface area (Å²) in [6, 6.07) is 22.3. The number of anilines is 1. The maximum atomic E-state index is 14.1. The Hall–Kier alpha value is -4.43. The van der Waals surface area contributed by atoms with E-state index in [9.17, 15) is 14.4 Å². The molecule has 0 saturated carbocycles. The minimum atomic E-state index is -1.31. The van der Waals surface area contributed by atoms with E-state index in [1.54, 1.807) is 7.11 Å². The fraction of sp³-hybridized carbons (Fsp3) is 0.233. The van der Waals surface area contributed by atoms with Crippen LogP contribution in [0.15, 0.2) is 79.0 Å². The van der Waals surface area contributed by atoms with E-state index in [-0.39, 0.29) is 24.3 Å². The van der Waals surface area contributed by atoms with Gasteiger partial charge in [0.2, 0.25) is 17.7 Å². The van der Waals surface area contributed by atoms with Gasteiger partial charge in [-0.3, -0.25) is 24.6 Å². The van der Waals surface area contributed by atoms with Crippen molar-refractivity contribution in [1.82, 2.24) is 15.2 Å². The summed E-state index contributed by atoms with van der Waals surface area (Å²) in [6.07, 6.45) is 2.45. The molecule has 2 fully saturated rings. The molecule has 3 amide bonds. The van der Waals surface area contributed by atoms with Crippen molar-refractivity contribution in [2.75, 3.05) is 12.4 Å². The van der Waals surface area contributed by atoms with Gasteiger partial charge in [0.1, 0.15) is 11.3 Å². The molecule has 0 aliphatic carbocycles. The number of H-pyrrole nitrogens is 1. The van der Waals surface area contributed by atoms with Gasteiger partial charge in [0.05, 0.1) is 25.5 Å². The van der Waals surface area contributed by atoms with Crippen molar-refractivity contribution >= 4 is 34.3 Å². The lowest BCUT2D eigenvalue weighted by atomic mass is 9.76. The normalized spacial score (nSPS) is 25.8. The second kappa shape index (κ2) is 8.29. The molecule has 3 aliphatic rings. The number of imide groups is 1. The molecule has 8 nitrogen and oxygen atoms in total. The van der Waals surface area contributed by atoms with Crippen molar-refractivity contribution in [2.24, 2.45) is 11.8 Å². The Morgan fingerprint density at radius 3 is 2.50 bits per heavy atom. The Morgan fingerprint density at radius 1 is 0.921 bits per heavy atom. The minimum Gasteiger partial charge on any atom is -0.497 e. The smallest absolute Gasteiger partial charge is 0.250 e. The molecule has 3 N–H and O–H groups in total. The zero-order valence-electron chi connectivity index (χ0n) is 20.7. The van der Waals surface area contributed by atoms with E-state index in [0.717, 1.165) is 22.0 Å². The Morgan fingerprint density at radius 2 is 1.68 bits per heavy atom. The molecule has 38 heavy (non-hydrogen) atoms. The van der Waals surface area contributed by atoms with Gasteiger partial charge in [-0.05, 0) is 41.8 Å². The van der Waals surface area contributed by atoms with Crippen LogP contribution >= 0.6 is 0 Å². The maximum absolute atomic E-state index is 14.1. The number of ether oxygens (including phenoxy) is 1. The van der Waals surface area contributed by atoms with Gasteiger partial charge >= 0.3 is 0 Å². The van der Waals surface area contributed by atoms with Crippen LogP contribution in [0.5, 0.6) is 5.75 Å². The number of nitrogens with one attached hydrogen (secondary N) is 3. The third-order valence-corrected chi connectivity index (χ3v) is 8.33. The summed E-state index contributed by atoms with van der Waals surface area (Å²) in [7, 11) is 1.59. The Bertz CT molecular complexity index is 1610. The number of likely N-dealkylation sites (tertiary alicyclic amines) is 1. The summed E-state index contributed by atoms with van der Waals surface area (Å²) in [5, 5.41) is 7.55. The first kappa shape index (κ1) is 22.7. The van der Waals surface area contributed by atoms with E-state index >= 15 is 0 Å². The van der Waals surface area contributed by atoms with Gasteiger partial charge < -0.3 is 15.0 Å². The van der Waals surface area contributed by atoms with Crippen LogP contribution in [0, 0.1) is 11.8 Å². The summed E-state index contributed by atoms with van der Waals surface area (Å²) in [4.78, 5) is 46.3. The number of para-hydroxylation sites is 2. The van der Waals surface area contributed by atoms with Crippen molar-refractivity contribution in [3.63, 3.8) is 0 Å². The molecule has 0 bridgehead atoms. The number of aromatic amines is 1. The molecule has 4 heterocycles. The Labute approximate surface area is 219 Å². The lowest BCUT2D eigenvalue weighted by Crippen LogP contribution is -2.53. The molecule has 1 spiro atoms. The molecular formula is C30H26N4O4. The third kappa shape index (κ3) is 3.10. The van der Waals surface area contributed by atoms with Crippen LogP contribution in [0.1, 0.15) is 16.7 Å². The first-order valence-corrected chi connectivity index (χ1v) is 12.7. The van der Waals surface area contributed by atoms with Crippen LogP contribution < -0.4 is 15.4 Å². The van der Waals surface area contributed by atoms with Crippen molar-refractivity contribution < 1.29 is 19.1 Å². The number of carbonyl (C=O) groups excluding carboxylic acids is 3. The zero-order chi connectivity index (χ0) is 26.0. The first-order valence-electron chi connectivity index (χ1n) is 12.7. The molecule has 4 atom stereocenters. The summed E-state index contributed by atoms with van der Waals surface area (Å²) in [6.45, 7) is 0.147. The standard InChI is InChI=1S/C30H26N4O4/c1-38-19-12-10-17(11-13-19)16-34-27(35)25-24(14-18-15-31-22-8-4-2-6-20(18)22)33-30(26(25)28(34)36)21-7-3-5-9-23(21)32-29(30)37/h2-13,15,24-26,31,33H,14,16H2,1H3,(H,32,37)/t24-,25+,26-,30-/m0/s1. The summed E-state index contributed by atoms with van der Waals surface area (Å²) < 4.78 is 5.24. The van der Waals surface area contributed by atoms with Crippen LogP contribution in [-0.4, -0.2) is 40.8 Å². The molecule has 0 radical (unpaired) electrons. The highest BCUT2D eigenvalue weighted by atomic mass is 16.5. The Balaban J connectivity index is 1.31. The van der Waals surface area contributed by atoms with Crippen LogP contribution in [0.25, 0.3) is 10.9 Å². The highest BCUT2D eigenvalue weighted by molar-refractivity contribution is 6.15. The number of hydrogen-bond donors (Lipinski definition) is 3. The molecule has 7 rings (SSSR count). The van der Waals surface area contributed by atoms with E-state index in [4.69, 9.17) is 4.74 Å². The molecular weight excluding hydrogens is 480 g/mol. The van der Waals surface area contributed by atoms with E-state index in [1.165, 1.54) is 4.90 Å². The number of benzene rings is 3. The monoisotopic (exact) mass is 506 g/mol. The SMILES string of the molecule is COc1ccc(CN2C(=O)[C@@H]3[C@H](Cc4c[nH]c5ccccc45)N[C@]4(C(=O)Nc5ccccc54)[C@@H]3C2=O)cc1. The number of aromatic nitrogens is 1. The van der Waals surface area contributed by atoms with Crippen molar-refractivity contribution in [2.45, 2.75) is 24.5 Å². The molecule has 3 aromatic carbocycles. The van der Waals surface area contributed by atoms with Crippen molar-refractivity contribution in [3.8, 4) is 5.75 Å². The second-order valence-electron chi connectivity index (χ2n) is 10.2. The first-order chi connectivity index (χ1) is 18.5. The van der Waals surface area contributed by atoms with Crippen molar-refractivity contribution in [1.29, 1.82) is 0 Å². The van der Waals surface area contributed by atoms with E-state index in [0.29, 0.717) is 23.4 Å². The highest BCUT2D eigenvalue weighted by Crippen LogP contribution is 2.53. The predicted molar refractivity (Wildman–Crippen MR) is 141 cm³/mol. The summed E-state index contributed by atoms with van der Waals surface area (Å²) in [5.74, 6) is -1.68. The minimum absolute atomic E-state index is 0.147. The summed E-state index contributed by atoms with van der Waals surface area (Å²) >= 11 is 0. The van der Waals surface area contributed by atoms with Crippen LogP contribution in [0.4, 0.5) is 5.69 Å². The van der Waals surface area contributed by atoms with Gasteiger partial charge in [-0.1, -0.05) is 48.5 Å². The molecule has 8 heteroatoms. The lowest BCUT2D eigenvalue weighted by Gasteiger charge is -2.29. The van der Waals surface area contributed by atoms with E-state index in [2.05, 4.69) is 15.6 Å². The number of hydrogen-bond acceptors (Lipinski definition) is 5. The number of nitrogens with zero attached hydrogens (tertiary/aromatic N) is 1. The Kier molecular flexibility index (Phi) is 4.96. The maximum Gasteiger partial charge on any atom is 0.250 e. The zero-order valence-corrected chi connectivity index (χ0v) is 20.7. The van der Waals surface area contributed by atoms with Gasteiger partial charge in [-0.2, -0.15) is 0 Å². The number of methoxy groups -OCH3 is 1. The molecule has 0 unspecified atom stereocenters.